The van der Waals surface area contributed by atoms with Gasteiger partial charge >= 0.3 is 0 Å². The van der Waals surface area contributed by atoms with Gasteiger partial charge in [0.25, 0.3) is 0 Å². The SMILES string of the molecule is CC1Cc2ccccc2N1C(=O)C1CC1C(=O)Nc1ccc(F)c(F)c1F. The molecule has 0 spiro atoms. The second-order valence-electron chi connectivity index (χ2n) is 7.05. The largest absolute Gasteiger partial charge is 0.323 e. The number of hydrogen-bond donors (Lipinski definition) is 1. The van der Waals surface area contributed by atoms with E-state index in [1.807, 2.05) is 31.2 Å². The molecule has 0 saturated heterocycles. The van der Waals surface area contributed by atoms with E-state index < -0.39 is 40.9 Å². The van der Waals surface area contributed by atoms with Crippen LogP contribution in [0.4, 0.5) is 24.5 Å². The molecule has 7 heteroatoms. The molecule has 2 aromatic carbocycles. The summed E-state index contributed by atoms with van der Waals surface area (Å²) in [5, 5.41) is 2.25. The van der Waals surface area contributed by atoms with Gasteiger partial charge in [-0.2, -0.15) is 0 Å². The van der Waals surface area contributed by atoms with Crippen molar-refractivity contribution >= 4 is 23.2 Å². The summed E-state index contributed by atoms with van der Waals surface area (Å²) < 4.78 is 40.0. The number of fused-ring (bicyclic) bond motifs is 1. The third kappa shape index (κ3) is 2.97. The fraction of sp³-hybridized carbons (Fsp3) is 0.300. The standard InChI is InChI=1S/C20H17F3N2O2/c1-10-8-11-4-2-3-5-16(11)25(10)20(27)13-9-12(13)19(26)24-15-7-6-14(21)17(22)18(15)23/h2-7,10,12-13H,8-9H2,1H3,(H,24,26). The van der Waals surface area contributed by atoms with Gasteiger partial charge in [0.2, 0.25) is 11.8 Å². The molecule has 0 bridgehead atoms. The van der Waals surface area contributed by atoms with E-state index in [1.54, 1.807) is 4.90 Å². The quantitative estimate of drug-likeness (QED) is 0.834. The Morgan fingerprint density at radius 3 is 2.56 bits per heavy atom. The predicted molar refractivity (Wildman–Crippen MR) is 93.6 cm³/mol. The summed E-state index contributed by atoms with van der Waals surface area (Å²) >= 11 is 0. The van der Waals surface area contributed by atoms with Crippen molar-refractivity contribution < 1.29 is 22.8 Å². The first kappa shape index (κ1) is 17.6. The first-order chi connectivity index (χ1) is 12.9. The van der Waals surface area contributed by atoms with Crippen LogP contribution in [-0.2, 0) is 16.0 Å². The van der Waals surface area contributed by atoms with E-state index in [0.717, 1.165) is 29.8 Å². The van der Waals surface area contributed by atoms with Crippen LogP contribution in [0.3, 0.4) is 0 Å². The number of benzene rings is 2. The van der Waals surface area contributed by atoms with Crippen LogP contribution < -0.4 is 10.2 Å². The zero-order chi connectivity index (χ0) is 19.3. The number of nitrogens with one attached hydrogen (secondary N) is 1. The highest BCUT2D eigenvalue weighted by Crippen LogP contribution is 2.44. The molecule has 1 heterocycles. The van der Waals surface area contributed by atoms with E-state index in [9.17, 15) is 22.8 Å². The van der Waals surface area contributed by atoms with E-state index in [-0.39, 0.29) is 11.9 Å². The minimum absolute atomic E-state index is 0.00264. The molecule has 1 saturated carbocycles. The molecule has 4 nitrogen and oxygen atoms in total. The lowest BCUT2D eigenvalue weighted by Crippen LogP contribution is -2.37. The predicted octanol–water partition coefficient (Wildman–Crippen LogP) is 3.66. The van der Waals surface area contributed by atoms with Crippen LogP contribution in [0.2, 0.25) is 0 Å². The molecule has 2 aliphatic rings. The van der Waals surface area contributed by atoms with Gasteiger partial charge in [-0.1, -0.05) is 18.2 Å². The number of carbonyl (C=O) groups is 2. The van der Waals surface area contributed by atoms with Crippen LogP contribution >= 0.6 is 0 Å². The second-order valence-corrected chi connectivity index (χ2v) is 7.05. The zero-order valence-corrected chi connectivity index (χ0v) is 14.5. The summed E-state index contributed by atoms with van der Waals surface area (Å²) in [5.74, 6) is -6.23. The Morgan fingerprint density at radius 2 is 1.78 bits per heavy atom. The highest BCUT2D eigenvalue weighted by molar-refractivity contribution is 6.05. The Balaban J connectivity index is 1.46. The van der Waals surface area contributed by atoms with Gasteiger partial charge in [-0.05, 0) is 43.5 Å². The number of halogens is 3. The summed E-state index contributed by atoms with van der Waals surface area (Å²) in [6, 6.07) is 9.34. The fourth-order valence-corrected chi connectivity index (χ4v) is 3.69. The van der Waals surface area contributed by atoms with Crippen LogP contribution in [-0.4, -0.2) is 17.9 Å². The molecule has 2 aromatic rings. The van der Waals surface area contributed by atoms with Crippen molar-refractivity contribution in [3.05, 3.63) is 59.4 Å². The van der Waals surface area contributed by atoms with Crippen molar-refractivity contribution in [3.8, 4) is 0 Å². The average Bonchev–Trinajstić information content (AvgIpc) is 3.38. The Bertz CT molecular complexity index is 947. The molecule has 0 aromatic heterocycles. The van der Waals surface area contributed by atoms with Gasteiger partial charge in [0.15, 0.2) is 17.5 Å². The molecule has 3 atom stereocenters. The van der Waals surface area contributed by atoms with Gasteiger partial charge in [-0.3, -0.25) is 9.59 Å². The van der Waals surface area contributed by atoms with E-state index in [1.165, 1.54) is 0 Å². The van der Waals surface area contributed by atoms with Gasteiger partial charge < -0.3 is 10.2 Å². The normalized spacial score (nSPS) is 23.1. The van der Waals surface area contributed by atoms with E-state index in [4.69, 9.17) is 0 Å². The first-order valence-corrected chi connectivity index (χ1v) is 8.73. The smallest absolute Gasteiger partial charge is 0.231 e. The lowest BCUT2D eigenvalue weighted by atomic mass is 10.1. The Morgan fingerprint density at radius 1 is 1.04 bits per heavy atom. The molecule has 1 aliphatic heterocycles. The van der Waals surface area contributed by atoms with Crippen LogP contribution in [0.25, 0.3) is 0 Å². The Labute approximate surface area is 154 Å². The average molecular weight is 374 g/mol. The van der Waals surface area contributed by atoms with Crippen molar-refractivity contribution in [1.29, 1.82) is 0 Å². The van der Waals surface area contributed by atoms with Crippen molar-refractivity contribution in [3.63, 3.8) is 0 Å². The van der Waals surface area contributed by atoms with Crippen molar-refractivity contribution in [2.75, 3.05) is 10.2 Å². The van der Waals surface area contributed by atoms with E-state index >= 15 is 0 Å². The third-order valence-corrected chi connectivity index (χ3v) is 5.18. The summed E-state index contributed by atoms with van der Waals surface area (Å²) in [7, 11) is 0. The molecule has 0 radical (unpaired) electrons. The second kappa shape index (κ2) is 6.40. The highest BCUT2D eigenvalue weighted by Gasteiger charge is 2.51. The van der Waals surface area contributed by atoms with E-state index in [2.05, 4.69) is 5.32 Å². The maximum atomic E-state index is 13.7. The molecule has 1 aliphatic carbocycles. The number of carbonyl (C=O) groups excluding carboxylic acids is 2. The Kier molecular flexibility index (Phi) is 4.17. The summed E-state index contributed by atoms with van der Waals surface area (Å²) in [5.41, 5.74) is 1.51. The van der Waals surface area contributed by atoms with Gasteiger partial charge in [0.1, 0.15) is 0 Å². The Hall–Kier alpha value is -2.83. The number of para-hydroxylation sites is 1. The van der Waals surface area contributed by atoms with Crippen LogP contribution in [0, 0.1) is 29.3 Å². The van der Waals surface area contributed by atoms with E-state index in [0.29, 0.717) is 6.42 Å². The number of amides is 2. The topological polar surface area (TPSA) is 49.4 Å². The number of hydrogen-bond acceptors (Lipinski definition) is 2. The molecule has 1 fully saturated rings. The van der Waals surface area contributed by atoms with Gasteiger partial charge in [0, 0.05) is 11.7 Å². The molecule has 3 unspecified atom stereocenters. The zero-order valence-electron chi connectivity index (χ0n) is 14.5. The lowest BCUT2D eigenvalue weighted by Gasteiger charge is -2.23. The molecule has 4 rings (SSSR count). The molecular weight excluding hydrogens is 357 g/mol. The fourth-order valence-electron chi connectivity index (χ4n) is 3.69. The van der Waals surface area contributed by atoms with Crippen molar-refractivity contribution in [1.82, 2.24) is 0 Å². The van der Waals surface area contributed by atoms with Gasteiger partial charge in [-0.15, -0.1) is 0 Å². The number of rotatable bonds is 3. The molecular formula is C20H17F3N2O2. The van der Waals surface area contributed by atoms with Crippen molar-refractivity contribution in [2.45, 2.75) is 25.8 Å². The number of nitrogens with zero attached hydrogens (tertiary/aromatic N) is 1. The summed E-state index contributed by atoms with van der Waals surface area (Å²) in [6.45, 7) is 1.95. The van der Waals surface area contributed by atoms with Crippen molar-refractivity contribution in [2.24, 2.45) is 11.8 Å². The molecule has 140 valence electrons. The maximum absolute atomic E-state index is 13.7. The van der Waals surface area contributed by atoms with Crippen LogP contribution in [0.1, 0.15) is 18.9 Å². The highest BCUT2D eigenvalue weighted by atomic mass is 19.2. The minimum Gasteiger partial charge on any atom is -0.323 e. The van der Waals surface area contributed by atoms with Gasteiger partial charge in [-0.25, -0.2) is 13.2 Å². The minimum atomic E-state index is -1.64. The first-order valence-electron chi connectivity index (χ1n) is 8.73. The molecule has 1 N–H and O–H groups in total. The van der Waals surface area contributed by atoms with Gasteiger partial charge in [0.05, 0.1) is 17.5 Å². The maximum Gasteiger partial charge on any atom is 0.231 e. The monoisotopic (exact) mass is 374 g/mol. The third-order valence-electron chi connectivity index (χ3n) is 5.18. The van der Waals surface area contributed by atoms with Crippen LogP contribution in [0.15, 0.2) is 36.4 Å². The summed E-state index contributed by atoms with van der Waals surface area (Å²) in [6.07, 6.45) is 1.10. The van der Waals surface area contributed by atoms with Crippen LogP contribution in [0.5, 0.6) is 0 Å². The molecule has 27 heavy (non-hydrogen) atoms. The molecule has 2 amide bonds. The number of anilines is 2. The lowest BCUT2D eigenvalue weighted by molar-refractivity contribution is -0.123. The summed E-state index contributed by atoms with van der Waals surface area (Å²) in [4.78, 5) is 26.9.